The number of carboxylic acids is 1. The fraction of sp³-hybridized carbons (Fsp3) is 0.643. The van der Waals surface area contributed by atoms with Gasteiger partial charge in [0.2, 0.25) is 0 Å². The fourth-order valence-electron chi connectivity index (χ4n) is 1.94. The van der Waals surface area contributed by atoms with Gasteiger partial charge in [0, 0.05) is 45.4 Å². The molecule has 0 radical (unpaired) electrons. The highest BCUT2D eigenvalue weighted by Crippen LogP contribution is 2.02. The van der Waals surface area contributed by atoms with Gasteiger partial charge in [-0.2, -0.15) is 0 Å². The number of aliphatic carboxylic acids is 1. The van der Waals surface area contributed by atoms with Crippen LogP contribution in [0.15, 0.2) is 12.4 Å². The molecule has 7 nitrogen and oxygen atoms in total. The van der Waals surface area contributed by atoms with E-state index in [-0.39, 0.29) is 12.5 Å². The molecule has 1 aromatic heterocycles. The summed E-state index contributed by atoms with van der Waals surface area (Å²) in [5.74, 6) is 0.189. The number of nitrogens with one attached hydrogen (secondary N) is 2. The maximum atomic E-state index is 11.5. The van der Waals surface area contributed by atoms with E-state index in [2.05, 4.69) is 15.6 Å². The molecule has 0 spiro atoms. The Morgan fingerprint density at radius 3 is 2.57 bits per heavy atom. The zero-order valence-electron chi connectivity index (χ0n) is 12.5. The maximum absolute atomic E-state index is 11.5. The molecule has 0 saturated heterocycles. The number of amides is 2. The number of carbonyl (C=O) groups is 2. The van der Waals surface area contributed by atoms with Crippen molar-refractivity contribution in [2.24, 2.45) is 7.05 Å². The number of hydrogen-bond acceptors (Lipinski definition) is 3. The molecule has 1 aromatic rings. The van der Waals surface area contributed by atoms with Crippen molar-refractivity contribution in [3.63, 3.8) is 0 Å². The lowest BCUT2D eigenvalue weighted by molar-refractivity contribution is -0.137. The summed E-state index contributed by atoms with van der Waals surface area (Å²) < 4.78 is 1.93. The average Bonchev–Trinajstić information content (AvgIpc) is 2.83. The summed E-state index contributed by atoms with van der Waals surface area (Å²) in [6.07, 6.45) is 7.92. The fourth-order valence-corrected chi connectivity index (χ4v) is 1.94. The Morgan fingerprint density at radius 2 is 1.90 bits per heavy atom. The van der Waals surface area contributed by atoms with Crippen LogP contribution < -0.4 is 10.6 Å². The van der Waals surface area contributed by atoms with Gasteiger partial charge in [-0.25, -0.2) is 9.78 Å². The molecule has 0 bridgehead atoms. The summed E-state index contributed by atoms with van der Waals surface area (Å²) >= 11 is 0. The molecule has 0 aliphatic carbocycles. The van der Waals surface area contributed by atoms with E-state index in [9.17, 15) is 9.59 Å². The smallest absolute Gasteiger partial charge is 0.314 e. The Bertz CT molecular complexity index is 445. The predicted octanol–water partition coefficient (Wildman–Crippen LogP) is 1.30. The number of carboxylic acid groups (broad SMARTS) is 1. The van der Waals surface area contributed by atoms with Crippen LogP contribution >= 0.6 is 0 Å². The molecule has 21 heavy (non-hydrogen) atoms. The number of carbonyl (C=O) groups excluding carboxylic acids is 1. The number of hydrogen-bond donors (Lipinski definition) is 3. The number of urea groups is 1. The van der Waals surface area contributed by atoms with Gasteiger partial charge in [-0.3, -0.25) is 4.79 Å². The minimum atomic E-state index is -0.750. The molecule has 0 fully saturated rings. The molecular formula is C14H24N4O3. The molecular weight excluding hydrogens is 272 g/mol. The van der Waals surface area contributed by atoms with Crippen LogP contribution in [0.3, 0.4) is 0 Å². The van der Waals surface area contributed by atoms with Gasteiger partial charge < -0.3 is 20.3 Å². The third-order valence-corrected chi connectivity index (χ3v) is 3.16. The first kappa shape index (κ1) is 17.0. The van der Waals surface area contributed by atoms with E-state index < -0.39 is 5.97 Å². The molecule has 2 amide bonds. The second-order valence-electron chi connectivity index (χ2n) is 4.95. The molecule has 0 aliphatic rings. The average molecular weight is 296 g/mol. The van der Waals surface area contributed by atoms with Gasteiger partial charge in [-0.1, -0.05) is 12.8 Å². The monoisotopic (exact) mass is 296 g/mol. The topological polar surface area (TPSA) is 96.3 Å². The number of aromatic nitrogens is 2. The minimum Gasteiger partial charge on any atom is -0.481 e. The molecule has 0 aromatic carbocycles. The van der Waals surface area contributed by atoms with Crippen molar-refractivity contribution in [3.05, 3.63) is 18.2 Å². The van der Waals surface area contributed by atoms with Crippen molar-refractivity contribution in [3.8, 4) is 0 Å². The predicted molar refractivity (Wildman–Crippen MR) is 79.0 cm³/mol. The Morgan fingerprint density at radius 1 is 1.19 bits per heavy atom. The highest BCUT2D eigenvalue weighted by atomic mass is 16.4. The highest BCUT2D eigenvalue weighted by molar-refractivity contribution is 5.73. The van der Waals surface area contributed by atoms with Gasteiger partial charge in [0.25, 0.3) is 0 Å². The lowest BCUT2D eigenvalue weighted by atomic mass is 10.1. The summed E-state index contributed by atoms with van der Waals surface area (Å²) in [5.41, 5.74) is 0. The van der Waals surface area contributed by atoms with Gasteiger partial charge in [0.1, 0.15) is 5.82 Å². The second-order valence-corrected chi connectivity index (χ2v) is 4.95. The van der Waals surface area contributed by atoms with Gasteiger partial charge >= 0.3 is 12.0 Å². The van der Waals surface area contributed by atoms with E-state index >= 15 is 0 Å². The van der Waals surface area contributed by atoms with Crippen LogP contribution in [0.4, 0.5) is 4.79 Å². The third kappa shape index (κ3) is 7.96. The first-order valence-electron chi connectivity index (χ1n) is 7.29. The number of rotatable bonds is 10. The van der Waals surface area contributed by atoms with Crippen molar-refractivity contribution < 1.29 is 14.7 Å². The summed E-state index contributed by atoms with van der Waals surface area (Å²) in [6, 6.07) is -0.172. The van der Waals surface area contributed by atoms with Crippen LogP contribution in [-0.2, 0) is 18.3 Å². The maximum Gasteiger partial charge on any atom is 0.314 e. The number of imidazole rings is 1. The number of nitrogens with zero attached hydrogens (tertiary/aromatic N) is 2. The van der Waals surface area contributed by atoms with Crippen LogP contribution in [0.1, 0.15) is 37.9 Å². The molecule has 0 saturated carbocycles. The Labute approximate surface area is 124 Å². The summed E-state index contributed by atoms with van der Waals surface area (Å²) in [4.78, 5) is 26.0. The van der Waals surface area contributed by atoms with Crippen LogP contribution in [0, 0.1) is 0 Å². The molecule has 1 heterocycles. The minimum absolute atomic E-state index is 0.172. The largest absolute Gasteiger partial charge is 0.481 e. The summed E-state index contributed by atoms with van der Waals surface area (Å²) in [5, 5.41) is 14.1. The first-order valence-corrected chi connectivity index (χ1v) is 7.29. The van der Waals surface area contributed by atoms with E-state index in [1.54, 1.807) is 6.20 Å². The van der Waals surface area contributed by atoms with Crippen LogP contribution in [0.5, 0.6) is 0 Å². The van der Waals surface area contributed by atoms with Crippen molar-refractivity contribution in [2.75, 3.05) is 13.1 Å². The lowest BCUT2D eigenvalue weighted by Crippen LogP contribution is -2.37. The first-order chi connectivity index (χ1) is 10.1. The SMILES string of the molecule is Cn1ccnc1CCNC(=O)NCCCCCCC(=O)O. The normalized spacial score (nSPS) is 10.3. The van der Waals surface area contributed by atoms with Crippen LogP contribution in [-0.4, -0.2) is 39.7 Å². The number of aryl methyl sites for hydroxylation is 1. The van der Waals surface area contributed by atoms with Gasteiger partial charge in [-0.15, -0.1) is 0 Å². The molecule has 0 atom stereocenters. The van der Waals surface area contributed by atoms with E-state index in [0.717, 1.165) is 25.1 Å². The van der Waals surface area contributed by atoms with Crippen molar-refractivity contribution >= 4 is 12.0 Å². The third-order valence-electron chi connectivity index (χ3n) is 3.16. The van der Waals surface area contributed by atoms with Crippen LogP contribution in [0.2, 0.25) is 0 Å². The molecule has 3 N–H and O–H groups in total. The molecule has 0 unspecified atom stereocenters. The zero-order valence-corrected chi connectivity index (χ0v) is 12.5. The van der Waals surface area contributed by atoms with Crippen molar-refractivity contribution in [1.82, 2.24) is 20.2 Å². The Kier molecular flexibility index (Phi) is 7.93. The molecule has 0 aliphatic heterocycles. The van der Waals surface area contributed by atoms with Crippen molar-refractivity contribution in [2.45, 2.75) is 38.5 Å². The summed E-state index contributed by atoms with van der Waals surface area (Å²) in [7, 11) is 1.92. The van der Waals surface area contributed by atoms with E-state index in [1.807, 2.05) is 17.8 Å². The lowest BCUT2D eigenvalue weighted by Gasteiger charge is -2.07. The van der Waals surface area contributed by atoms with E-state index in [1.165, 1.54) is 0 Å². The van der Waals surface area contributed by atoms with Crippen molar-refractivity contribution in [1.29, 1.82) is 0 Å². The van der Waals surface area contributed by atoms with E-state index in [4.69, 9.17) is 5.11 Å². The molecule has 7 heteroatoms. The second kappa shape index (κ2) is 9.79. The Hall–Kier alpha value is -2.05. The Balaban J connectivity index is 1.94. The highest BCUT2D eigenvalue weighted by Gasteiger charge is 2.02. The van der Waals surface area contributed by atoms with Crippen LogP contribution in [0.25, 0.3) is 0 Å². The van der Waals surface area contributed by atoms with Gasteiger partial charge in [0.05, 0.1) is 0 Å². The zero-order chi connectivity index (χ0) is 15.5. The summed E-state index contributed by atoms with van der Waals surface area (Å²) in [6.45, 7) is 1.16. The molecule has 1 rings (SSSR count). The standard InChI is InChI=1S/C14H24N4O3/c1-18-11-10-15-12(18)7-9-17-14(21)16-8-5-3-2-4-6-13(19)20/h10-11H,2-9H2,1H3,(H,19,20)(H2,16,17,21). The number of unbranched alkanes of at least 4 members (excludes halogenated alkanes) is 3. The molecule has 118 valence electrons. The van der Waals surface area contributed by atoms with E-state index in [0.29, 0.717) is 25.9 Å². The van der Waals surface area contributed by atoms with Gasteiger partial charge in [0.15, 0.2) is 0 Å². The van der Waals surface area contributed by atoms with Gasteiger partial charge in [-0.05, 0) is 12.8 Å². The quantitative estimate of drug-likeness (QED) is 0.567.